The van der Waals surface area contributed by atoms with E-state index in [1.54, 1.807) is 6.20 Å². The molecule has 2 heterocycles. The first kappa shape index (κ1) is 29.8. The van der Waals surface area contributed by atoms with E-state index in [2.05, 4.69) is 15.6 Å². The Morgan fingerprint density at radius 3 is 2.39 bits per heavy atom. The molecule has 5 unspecified atom stereocenters. The Labute approximate surface area is 239 Å². The maximum absolute atomic E-state index is 13.8. The third kappa shape index (κ3) is 7.13. The number of H-pyrrole nitrogens is 1. The van der Waals surface area contributed by atoms with Crippen molar-refractivity contribution >= 4 is 34.6 Å². The van der Waals surface area contributed by atoms with Crippen molar-refractivity contribution in [1.82, 2.24) is 20.5 Å². The zero-order chi connectivity index (χ0) is 29.5. The highest BCUT2D eigenvalue weighted by Gasteiger charge is 2.39. The van der Waals surface area contributed by atoms with Gasteiger partial charge in [-0.05, 0) is 36.0 Å². The minimum atomic E-state index is -1.07. The minimum absolute atomic E-state index is 0.0882. The first-order valence-corrected chi connectivity index (χ1v) is 14.2. The number of aromatic nitrogens is 1. The molecule has 5 atom stereocenters. The van der Waals surface area contributed by atoms with Crippen LogP contribution in [0, 0.1) is 5.92 Å². The molecule has 3 aromatic rings. The number of para-hydroxylation sites is 1. The fourth-order valence-electron chi connectivity index (χ4n) is 5.32. The summed E-state index contributed by atoms with van der Waals surface area (Å²) in [5, 5.41) is 16.3. The molecule has 1 aliphatic rings. The average molecular weight is 562 g/mol. The van der Waals surface area contributed by atoms with Crippen LogP contribution in [-0.2, 0) is 32.0 Å². The lowest BCUT2D eigenvalue weighted by Crippen LogP contribution is -2.58. The lowest BCUT2D eigenvalue weighted by molar-refractivity contribution is -0.149. The summed E-state index contributed by atoms with van der Waals surface area (Å²) in [6.07, 6.45) is 3.76. The number of carboxylic acid groups (broad SMARTS) is 1. The summed E-state index contributed by atoms with van der Waals surface area (Å²) in [7, 11) is 0. The molecule has 41 heavy (non-hydrogen) atoms. The molecular weight excluding hydrogens is 522 g/mol. The van der Waals surface area contributed by atoms with Crippen LogP contribution in [0.25, 0.3) is 10.9 Å². The normalized spacial score (nSPS) is 17.9. The second-order valence-corrected chi connectivity index (χ2v) is 10.8. The zero-order valence-corrected chi connectivity index (χ0v) is 23.5. The van der Waals surface area contributed by atoms with E-state index in [4.69, 9.17) is 5.73 Å². The molecule has 0 saturated carbocycles. The predicted molar refractivity (Wildman–Crippen MR) is 156 cm³/mol. The number of amides is 3. The summed E-state index contributed by atoms with van der Waals surface area (Å²) >= 11 is 0. The Bertz CT molecular complexity index is 1370. The highest BCUT2D eigenvalue weighted by molar-refractivity contribution is 5.95. The number of nitrogens with zero attached hydrogens (tertiary/aromatic N) is 1. The van der Waals surface area contributed by atoms with Gasteiger partial charge in [-0.2, -0.15) is 0 Å². The molecule has 3 amide bonds. The van der Waals surface area contributed by atoms with Crippen LogP contribution in [0.1, 0.15) is 44.2 Å². The van der Waals surface area contributed by atoms with Gasteiger partial charge in [-0.3, -0.25) is 14.4 Å². The van der Waals surface area contributed by atoms with Gasteiger partial charge in [-0.25, -0.2) is 4.79 Å². The number of aromatic amines is 1. The van der Waals surface area contributed by atoms with Gasteiger partial charge in [0.25, 0.3) is 0 Å². The van der Waals surface area contributed by atoms with E-state index in [-0.39, 0.29) is 18.8 Å². The zero-order valence-electron chi connectivity index (χ0n) is 23.5. The SMILES string of the molecule is CCC(C)C(N)C(=O)NC(Cc1ccccc1)C(=O)NC(Cc1c[nH]c2ccccc12)C(=O)N1CCCC1C(=O)O. The van der Waals surface area contributed by atoms with Crippen molar-refractivity contribution in [2.45, 2.75) is 70.1 Å². The maximum Gasteiger partial charge on any atom is 0.326 e. The molecule has 1 aliphatic heterocycles. The lowest BCUT2D eigenvalue weighted by Gasteiger charge is -2.29. The molecule has 2 aromatic carbocycles. The summed E-state index contributed by atoms with van der Waals surface area (Å²) in [4.78, 5) is 57.1. The van der Waals surface area contributed by atoms with Gasteiger partial charge in [0.1, 0.15) is 18.1 Å². The van der Waals surface area contributed by atoms with Gasteiger partial charge in [0, 0.05) is 36.5 Å². The average Bonchev–Trinajstić information content (AvgIpc) is 3.63. The van der Waals surface area contributed by atoms with Crippen LogP contribution in [0.15, 0.2) is 60.8 Å². The topological polar surface area (TPSA) is 158 Å². The van der Waals surface area contributed by atoms with Gasteiger partial charge >= 0.3 is 5.97 Å². The Morgan fingerprint density at radius 1 is 1.00 bits per heavy atom. The molecule has 4 rings (SSSR count). The quantitative estimate of drug-likeness (QED) is 0.228. The number of carbonyl (C=O) groups is 4. The van der Waals surface area contributed by atoms with Gasteiger partial charge in [0.15, 0.2) is 0 Å². The maximum atomic E-state index is 13.8. The van der Waals surface area contributed by atoms with Crippen molar-refractivity contribution < 1.29 is 24.3 Å². The number of likely N-dealkylation sites (tertiary alicyclic amines) is 1. The van der Waals surface area contributed by atoms with Crippen molar-refractivity contribution in [2.75, 3.05) is 6.54 Å². The summed E-state index contributed by atoms with van der Waals surface area (Å²) in [6.45, 7) is 4.11. The molecule has 6 N–H and O–H groups in total. The first-order valence-electron chi connectivity index (χ1n) is 14.2. The van der Waals surface area contributed by atoms with Crippen LogP contribution < -0.4 is 16.4 Å². The van der Waals surface area contributed by atoms with Gasteiger partial charge in [-0.15, -0.1) is 0 Å². The number of carboxylic acids is 1. The fourth-order valence-corrected chi connectivity index (χ4v) is 5.32. The Hall–Kier alpha value is -4.18. The van der Waals surface area contributed by atoms with E-state index in [1.807, 2.05) is 68.4 Å². The Balaban J connectivity index is 1.62. The first-order chi connectivity index (χ1) is 19.7. The van der Waals surface area contributed by atoms with Crippen LogP contribution in [0.4, 0.5) is 0 Å². The number of aliphatic carboxylic acids is 1. The highest BCUT2D eigenvalue weighted by Crippen LogP contribution is 2.23. The van der Waals surface area contributed by atoms with Crippen molar-refractivity contribution in [3.8, 4) is 0 Å². The van der Waals surface area contributed by atoms with Crippen LogP contribution >= 0.6 is 0 Å². The Kier molecular flexibility index (Phi) is 9.78. The second kappa shape index (κ2) is 13.5. The standard InChI is InChI=1S/C31H39N5O5/c1-3-19(2)27(32)29(38)34-24(16-20-10-5-4-6-11-20)28(37)35-25(30(39)36-15-9-14-26(36)31(40)41)17-21-18-33-23-13-8-7-12-22(21)23/h4-8,10-13,18-19,24-27,33H,3,9,14-17,32H2,1-2H3,(H,34,38)(H,35,37)(H,40,41). The molecule has 10 heteroatoms. The molecule has 1 saturated heterocycles. The molecule has 0 aliphatic carbocycles. The predicted octanol–water partition coefficient (Wildman–Crippen LogP) is 2.37. The minimum Gasteiger partial charge on any atom is -0.480 e. The van der Waals surface area contributed by atoms with Crippen LogP contribution in [-0.4, -0.2) is 69.4 Å². The van der Waals surface area contributed by atoms with Crippen molar-refractivity contribution in [3.05, 3.63) is 71.9 Å². The summed E-state index contributed by atoms with van der Waals surface area (Å²) in [5.41, 5.74) is 8.70. The summed E-state index contributed by atoms with van der Waals surface area (Å²) < 4.78 is 0. The number of hydrogen-bond donors (Lipinski definition) is 5. The molecule has 10 nitrogen and oxygen atoms in total. The highest BCUT2D eigenvalue weighted by atomic mass is 16.4. The smallest absolute Gasteiger partial charge is 0.326 e. The fraction of sp³-hybridized carbons (Fsp3) is 0.419. The number of hydrogen-bond acceptors (Lipinski definition) is 5. The molecule has 218 valence electrons. The van der Waals surface area contributed by atoms with Crippen LogP contribution in [0.3, 0.4) is 0 Å². The molecule has 1 aromatic heterocycles. The third-order valence-corrected chi connectivity index (χ3v) is 8.01. The molecular formula is C31H39N5O5. The number of carbonyl (C=O) groups excluding carboxylic acids is 3. The molecule has 0 bridgehead atoms. The van der Waals surface area contributed by atoms with Gasteiger partial charge < -0.3 is 31.4 Å². The van der Waals surface area contributed by atoms with Crippen LogP contribution in [0.2, 0.25) is 0 Å². The van der Waals surface area contributed by atoms with E-state index in [9.17, 15) is 24.3 Å². The number of rotatable bonds is 12. The number of benzene rings is 2. The van der Waals surface area contributed by atoms with E-state index in [0.29, 0.717) is 25.8 Å². The number of nitrogens with one attached hydrogen (secondary N) is 3. The van der Waals surface area contributed by atoms with E-state index < -0.39 is 47.9 Å². The van der Waals surface area contributed by atoms with Crippen LogP contribution in [0.5, 0.6) is 0 Å². The van der Waals surface area contributed by atoms with Crippen molar-refractivity contribution in [3.63, 3.8) is 0 Å². The van der Waals surface area contributed by atoms with Crippen molar-refractivity contribution in [2.24, 2.45) is 11.7 Å². The van der Waals surface area contributed by atoms with E-state index in [0.717, 1.165) is 22.0 Å². The molecule has 0 spiro atoms. The summed E-state index contributed by atoms with van der Waals surface area (Å²) in [6, 6.07) is 13.1. The van der Waals surface area contributed by atoms with Gasteiger partial charge in [0.2, 0.25) is 17.7 Å². The number of fused-ring (bicyclic) bond motifs is 1. The second-order valence-electron chi connectivity index (χ2n) is 10.8. The number of nitrogens with two attached hydrogens (primary N) is 1. The van der Waals surface area contributed by atoms with Gasteiger partial charge in [-0.1, -0.05) is 68.8 Å². The van der Waals surface area contributed by atoms with E-state index in [1.165, 1.54) is 4.90 Å². The Morgan fingerprint density at radius 2 is 1.68 bits per heavy atom. The summed E-state index contributed by atoms with van der Waals surface area (Å²) in [5.74, 6) is -2.60. The molecule has 0 radical (unpaired) electrons. The third-order valence-electron chi connectivity index (χ3n) is 8.01. The monoisotopic (exact) mass is 561 g/mol. The van der Waals surface area contributed by atoms with Crippen molar-refractivity contribution in [1.29, 1.82) is 0 Å². The lowest BCUT2D eigenvalue weighted by atomic mass is 9.98. The van der Waals surface area contributed by atoms with Gasteiger partial charge in [0.05, 0.1) is 6.04 Å². The largest absolute Gasteiger partial charge is 0.480 e. The molecule has 1 fully saturated rings. The van der Waals surface area contributed by atoms with E-state index >= 15 is 0 Å².